The van der Waals surface area contributed by atoms with E-state index in [1.54, 1.807) is 0 Å². The van der Waals surface area contributed by atoms with Gasteiger partial charge in [0.1, 0.15) is 5.60 Å². The maximum atomic E-state index is 13.6. The van der Waals surface area contributed by atoms with Gasteiger partial charge in [0.15, 0.2) is 0 Å². The number of carbonyl (C=O) groups excluding carboxylic acids is 1. The number of rotatable bonds is 6. The summed E-state index contributed by atoms with van der Waals surface area (Å²) >= 11 is 0. The lowest BCUT2D eigenvalue weighted by Gasteiger charge is -2.37. The second kappa shape index (κ2) is 9.06. The molecule has 3 nitrogen and oxygen atoms in total. The fourth-order valence-corrected chi connectivity index (χ4v) is 4.27. The highest BCUT2D eigenvalue weighted by molar-refractivity contribution is 5.79. The molecule has 0 bridgehead atoms. The lowest BCUT2D eigenvalue weighted by Crippen LogP contribution is -2.87. The maximum absolute atomic E-state index is 13.6. The van der Waals surface area contributed by atoms with Crippen LogP contribution in [0.5, 0.6) is 0 Å². The number of piperidine rings is 1. The number of hydrogen-bond acceptors (Lipinski definition) is 2. The Morgan fingerprint density at radius 3 is 2.00 bits per heavy atom. The molecule has 3 aromatic rings. The Kier molecular flexibility index (Phi) is 6.06. The van der Waals surface area contributed by atoms with E-state index in [1.165, 1.54) is 0 Å². The van der Waals surface area contributed by atoms with Crippen LogP contribution in [-0.2, 0) is 21.6 Å². The molecule has 1 heterocycles. The van der Waals surface area contributed by atoms with Crippen molar-refractivity contribution < 1.29 is 14.8 Å². The van der Waals surface area contributed by atoms with Crippen molar-refractivity contribution in [3.63, 3.8) is 0 Å². The highest BCUT2D eigenvalue weighted by Crippen LogP contribution is 2.36. The topological polar surface area (TPSA) is 42.9 Å². The van der Waals surface area contributed by atoms with E-state index < -0.39 is 5.60 Å². The van der Waals surface area contributed by atoms with Crippen LogP contribution in [-0.4, -0.2) is 19.1 Å². The zero-order chi connectivity index (χ0) is 19.9. The van der Waals surface area contributed by atoms with Gasteiger partial charge in [-0.2, -0.15) is 0 Å². The SMILES string of the molecule is O=C(OC1(c2ccccc2)CC[NH2+]CC1)C(Cc1ccccc1)c1ccccc1. The minimum atomic E-state index is -0.531. The van der Waals surface area contributed by atoms with Crippen LogP contribution in [0, 0.1) is 0 Å². The molecule has 1 aliphatic rings. The van der Waals surface area contributed by atoms with Gasteiger partial charge >= 0.3 is 5.97 Å². The molecule has 0 amide bonds. The molecule has 29 heavy (non-hydrogen) atoms. The van der Waals surface area contributed by atoms with E-state index in [-0.39, 0.29) is 11.9 Å². The predicted octanol–water partition coefficient (Wildman–Crippen LogP) is 3.81. The Balaban J connectivity index is 1.64. The standard InChI is InChI=1S/C26H27NO2/c28-25(29-26(16-18-27-19-17-26)23-14-8-3-9-15-23)24(22-12-6-2-7-13-22)20-21-10-4-1-5-11-21/h1-15,24,27H,16-20H2/p+1. The van der Waals surface area contributed by atoms with Gasteiger partial charge in [-0.05, 0) is 23.1 Å². The van der Waals surface area contributed by atoms with E-state index in [4.69, 9.17) is 4.74 Å². The summed E-state index contributed by atoms with van der Waals surface area (Å²) in [5.41, 5.74) is 2.72. The van der Waals surface area contributed by atoms with Gasteiger partial charge < -0.3 is 10.1 Å². The summed E-state index contributed by atoms with van der Waals surface area (Å²) in [5, 5.41) is 2.30. The molecule has 1 fully saturated rings. The molecule has 148 valence electrons. The second-order valence-electron chi connectivity index (χ2n) is 7.80. The smallest absolute Gasteiger partial charge is 0.314 e. The van der Waals surface area contributed by atoms with Crippen molar-refractivity contribution in [3.8, 4) is 0 Å². The predicted molar refractivity (Wildman–Crippen MR) is 114 cm³/mol. The van der Waals surface area contributed by atoms with Crippen LogP contribution in [0.15, 0.2) is 91.0 Å². The number of quaternary nitrogens is 1. The maximum Gasteiger partial charge on any atom is 0.314 e. The van der Waals surface area contributed by atoms with E-state index in [1.807, 2.05) is 66.7 Å². The van der Waals surface area contributed by atoms with E-state index in [2.05, 4.69) is 29.6 Å². The summed E-state index contributed by atoms with van der Waals surface area (Å²) in [6, 6.07) is 30.5. The van der Waals surface area contributed by atoms with Gasteiger partial charge in [-0.25, -0.2) is 0 Å². The van der Waals surface area contributed by atoms with Gasteiger partial charge in [-0.15, -0.1) is 0 Å². The number of hydrogen-bond donors (Lipinski definition) is 1. The zero-order valence-corrected chi connectivity index (χ0v) is 16.7. The summed E-state index contributed by atoms with van der Waals surface area (Å²) in [7, 11) is 0. The summed E-state index contributed by atoms with van der Waals surface area (Å²) < 4.78 is 6.39. The van der Waals surface area contributed by atoms with Crippen LogP contribution in [0.4, 0.5) is 0 Å². The van der Waals surface area contributed by atoms with Crippen molar-refractivity contribution in [1.82, 2.24) is 0 Å². The first-order valence-electron chi connectivity index (χ1n) is 10.5. The van der Waals surface area contributed by atoms with Crippen molar-refractivity contribution in [2.75, 3.05) is 13.1 Å². The molecule has 0 aromatic heterocycles. The van der Waals surface area contributed by atoms with Crippen LogP contribution < -0.4 is 5.32 Å². The van der Waals surface area contributed by atoms with Crippen molar-refractivity contribution in [2.24, 2.45) is 0 Å². The zero-order valence-electron chi connectivity index (χ0n) is 16.7. The highest BCUT2D eigenvalue weighted by atomic mass is 16.6. The average Bonchev–Trinajstić information content (AvgIpc) is 2.80. The molecule has 0 saturated carbocycles. The molecule has 0 spiro atoms. The molecule has 1 unspecified atom stereocenters. The van der Waals surface area contributed by atoms with Gasteiger partial charge in [-0.1, -0.05) is 91.0 Å². The van der Waals surface area contributed by atoms with Gasteiger partial charge in [-0.3, -0.25) is 4.79 Å². The Labute approximate surface area is 172 Å². The quantitative estimate of drug-likeness (QED) is 0.655. The highest BCUT2D eigenvalue weighted by Gasteiger charge is 2.41. The third-order valence-electron chi connectivity index (χ3n) is 5.87. The van der Waals surface area contributed by atoms with Crippen LogP contribution in [0.2, 0.25) is 0 Å². The van der Waals surface area contributed by atoms with Crippen molar-refractivity contribution in [1.29, 1.82) is 0 Å². The number of esters is 1. The largest absolute Gasteiger partial charge is 0.453 e. The Morgan fingerprint density at radius 2 is 1.38 bits per heavy atom. The minimum Gasteiger partial charge on any atom is -0.453 e. The monoisotopic (exact) mass is 386 g/mol. The van der Waals surface area contributed by atoms with Crippen LogP contribution in [0.1, 0.15) is 35.4 Å². The van der Waals surface area contributed by atoms with Crippen LogP contribution >= 0.6 is 0 Å². The summed E-state index contributed by atoms with van der Waals surface area (Å²) in [4.78, 5) is 13.6. The van der Waals surface area contributed by atoms with Gasteiger partial charge in [0.05, 0.1) is 19.0 Å². The van der Waals surface area contributed by atoms with Crippen molar-refractivity contribution >= 4 is 5.97 Å². The Hall–Kier alpha value is -2.91. The molecule has 2 N–H and O–H groups in total. The first kappa shape index (κ1) is 19.4. The summed E-state index contributed by atoms with van der Waals surface area (Å²) in [5.74, 6) is -0.448. The normalized spacial score (nSPS) is 16.7. The third kappa shape index (κ3) is 4.57. The molecule has 3 heteroatoms. The molecule has 0 aliphatic carbocycles. The van der Waals surface area contributed by atoms with Gasteiger partial charge in [0.25, 0.3) is 0 Å². The first-order chi connectivity index (χ1) is 14.3. The first-order valence-corrected chi connectivity index (χ1v) is 10.5. The summed E-state index contributed by atoms with van der Waals surface area (Å²) in [6.45, 7) is 1.94. The Bertz CT molecular complexity index is 903. The summed E-state index contributed by atoms with van der Waals surface area (Å²) in [6.07, 6.45) is 2.33. The van der Waals surface area contributed by atoms with E-state index in [0.717, 1.165) is 42.6 Å². The lowest BCUT2D eigenvalue weighted by atomic mass is 9.84. The minimum absolute atomic E-state index is 0.134. The lowest BCUT2D eigenvalue weighted by molar-refractivity contribution is -0.668. The number of carbonyl (C=O) groups is 1. The molecule has 1 atom stereocenters. The number of ether oxygens (including phenoxy) is 1. The number of benzene rings is 3. The fourth-order valence-electron chi connectivity index (χ4n) is 4.27. The fraction of sp³-hybridized carbons (Fsp3) is 0.269. The molecular weight excluding hydrogens is 358 g/mol. The van der Waals surface area contributed by atoms with E-state index in [0.29, 0.717) is 6.42 Å². The molecule has 1 aliphatic heterocycles. The molecule has 4 rings (SSSR count). The van der Waals surface area contributed by atoms with Crippen LogP contribution in [0.25, 0.3) is 0 Å². The van der Waals surface area contributed by atoms with E-state index in [9.17, 15) is 4.79 Å². The van der Waals surface area contributed by atoms with Crippen molar-refractivity contribution in [2.45, 2.75) is 30.8 Å². The van der Waals surface area contributed by atoms with Crippen LogP contribution in [0.3, 0.4) is 0 Å². The van der Waals surface area contributed by atoms with Gasteiger partial charge in [0, 0.05) is 12.8 Å². The van der Waals surface area contributed by atoms with E-state index >= 15 is 0 Å². The average molecular weight is 387 g/mol. The second-order valence-corrected chi connectivity index (χ2v) is 7.80. The molecule has 0 radical (unpaired) electrons. The van der Waals surface area contributed by atoms with Gasteiger partial charge in [0.2, 0.25) is 0 Å². The molecule has 3 aromatic carbocycles. The Morgan fingerprint density at radius 1 is 0.828 bits per heavy atom. The third-order valence-corrected chi connectivity index (χ3v) is 5.87. The number of nitrogens with two attached hydrogens (primary N) is 1. The molecular formula is C26H28NO2+. The molecule has 1 saturated heterocycles. The van der Waals surface area contributed by atoms with Crippen molar-refractivity contribution in [3.05, 3.63) is 108 Å².